The van der Waals surface area contributed by atoms with Gasteiger partial charge >= 0.3 is 0 Å². The van der Waals surface area contributed by atoms with Gasteiger partial charge in [0.05, 0.1) is 10.7 Å². The summed E-state index contributed by atoms with van der Waals surface area (Å²) >= 11 is 7.57. The Balaban J connectivity index is 1.53. The van der Waals surface area contributed by atoms with E-state index < -0.39 is 0 Å². The molecule has 1 aliphatic rings. The van der Waals surface area contributed by atoms with Crippen LogP contribution in [0.4, 0.5) is 15.8 Å². The minimum atomic E-state index is -0.281. The lowest BCUT2D eigenvalue weighted by Gasteiger charge is -2.18. The molecular formula is C19H18ClFN2O2S. The van der Waals surface area contributed by atoms with Crippen LogP contribution in [0, 0.1) is 5.82 Å². The van der Waals surface area contributed by atoms with Crippen molar-refractivity contribution in [1.29, 1.82) is 0 Å². The topological polar surface area (TPSA) is 49.4 Å². The minimum absolute atomic E-state index is 0.0638. The molecule has 0 spiro atoms. The molecule has 0 aliphatic carbocycles. The van der Waals surface area contributed by atoms with E-state index in [9.17, 15) is 14.0 Å². The van der Waals surface area contributed by atoms with Crippen molar-refractivity contribution in [2.24, 2.45) is 0 Å². The van der Waals surface area contributed by atoms with Crippen LogP contribution in [0.5, 0.6) is 0 Å². The zero-order valence-electron chi connectivity index (χ0n) is 14.0. The number of nitrogens with zero attached hydrogens (tertiary/aromatic N) is 1. The number of amides is 2. The maximum atomic E-state index is 13.5. The van der Waals surface area contributed by atoms with E-state index in [-0.39, 0.29) is 24.1 Å². The molecule has 0 radical (unpaired) electrons. The van der Waals surface area contributed by atoms with Crippen LogP contribution in [0.3, 0.4) is 0 Å². The van der Waals surface area contributed by atoms with Crippen molar-refractivity contribution in [3.63, 3.8) is 0 Å². The summed E-state index contributed by atoms with van der Waals surface area (Å²) in [6, 6.07) is 11.6. The minimum Gasteiger partial charge on any atom is -0.326 e. The summed E-state index contributed by atoms with van der Waals surface area (Å²) in [6.45, 7) is 0.664. The first kappa shape index (κ1) is 18.7. The number of halogens is 2. The highest BCUT2D eigenvalue weighted by molar-refractivity contribution is 7.99. The van der Waals surface area contributed by atoms with Crippen molar-refractivity contribution >= 4 is 46.6 Å². The van der Waals surface area contributed by atoms with Crippen LogP contribution in [-0.4, -0.2) is 24.1 Å². The van der Waals surface area contributed by atoms with Gasteiger partial charge in [-0.15, -0.1) is 11.8 Å². The monoisotopic (exact) mass is 392 g/mol. The molecule has 1 heterocycles. The van der Waals surface area contributed by atoms with Crippen LogP contribution in [0.2, 0.25) is 5.02 Å². The van der Waals surface area contributed by atoms with Crippen molar-refractivity contribution in [3.05, 3.63) is 53.3 Å². The van der Waals surface area contributed by atoms with Crippen molar-refractivity contribution in [1.82, 2.24) is 0 Å². The summed E-state index contributed by atoms with van der Waals surface area (Å²) < 4.78 is 13.5. The Morgan fingerprint density at radius 2 is 2.08 bits per heavy atom. The van der Waals surface area contributed by atoms with Gasteiger partial charge in [0.15, 0.2) is 0 Å². The molecule has 136 valence electrons. The predicted molar refractivity (Wildman–Crippen MR) is 103 cm³/mol. The smallest absolute Gasteiger partial charge is 0.227 e. The molecule has 1 aliphatic heterocycles. The van der Waals surface area contributed by atoms with Crippen LogP contribution in [-0.2, 0) is 9.59 Å². The van der Waals surface area contributed by atoms with E-state index >= 15 is 0 Å². The Hall–Kier alpha value is -2.05. The molecule has 0 aromatic heterocycles. The van der Waals surface area contributed by atoms with Crippen molar-refractivity contribution in [3.8, 4) is 0 Å². The van der Waals surface area contributed by atoms with Gasteiger partial charge in [-0.05, 0) is 36.8 Å². The number of benzene rings is 2. The van der Waals surface area contributed by atoms with Gasteiger partial charge in [0.25, 0.3) is 0 Å². The second kappa shape index (κ2) is 8.56. The summed E-state index contributed by atoms with van der Waals surface area (Å²) in [6.07, 6.45) is 1.62. The Morgan fingerprint density at radius 1 is 1.27 bits per heavy atom. The van der Waals surface area contributed by atoms with Gasteiger partial charge in [0.1, 0.15) is 5.82 Å². The molecule has 7 heteroatoms. The molecular weight excluding hydrogens is 375 g/mol. The highest BCUT2D eigenvalue weighted by Gasteiger charge is 2.23. The fourth-order valence-electron chi connectivity index (χ4n) is 2.75. The van der Waals surface area contributed by atoms with Gasteiger partial charge in [-0.25, -0.2) is 4.39 Å². The van der Waals surface area contributed by atoms with Crippen molar-refractivity contribution < 1.29 is 14.0 Å². The SMILES string of the molecule is O=C(CCSc1ccccc1F)Nc1ccc(N2CCCC2=O)c(Cl)c1. The third kappa shape index (κ3) is 4.56. The second-order valence-electron chi connectivity index (χ2n) is 5.89. The number of anilines is 2. The lowest BCUT2D eigenvalue weighted by atomic mass is 10.2. The van der Waals surface area contributed by atoms with E-state index in [0.717, 1.165) is 6.42 Å². The van der Waals surface area contributed by atoms with E-state index in [0.29, 0.717) is 40.0 Å². The summed E-state index contributed by atoms with van der Waals surface area (Å²) in [5.74, 6) is 0.0846. The largest absolute Gasteiger partial charge is 0.326 e. The van der Waals surface area contributed by atoms with Crippen molar-refractivity contribution in [2.45, 2.75) is 24.2 Å². The summed E-state index contributed by atoms with van der Waals surface area (Å²) in [5.41, 5.74) is 1.24. The Bertz CT molecular complexity index is 831. The van der Waals surface area contributed by atoms with Gasteiger partial charge in [-0.3, -0.25) is 9.59 Å². The van der Waals surface area contributed by atoms with Gasteiger partial charge < -0.3 is 10.2 Å². The van der Waals surface area contributed by atoms with E-state index in [1.54, 1.807) is 41.3 Å². The fourth-order valence-corrected chi connectivity index (χ4v) is 3.92. The Kier molecular flexibility index (Phi) is 6.16. The number of carbonyl (C=O) groups excluding carboxylic acids is 2. The molecule has 1 saturated heterocycles. The molecule has 4 nitrogen and oxygen atoms in total. The molecule has 0 unspecified atom stereocenters. The lowest BCUT2D eigenvalue weighted by Crippen LogP contribution is -2.24. The highest BCUT2D eigenvalue weighted by atomic mass is 35.5. The van der Waals surface area contributed by atoms with Crippen LogP contribution < -0.4 is 10.2 Å². The molecule has 2 amide bonds. The van der Waals surface area contributed by atoms with E-state index in [4.69, 9.17) is 11.6 Å². The highest BCUT2D eigenvalue weighted by Crippen LogP contribution is 2.31. The van der Waals surface area contributed by atoms with E-state index in [1.165, 1.54) is 17.8 Å². The number of thioether (sulfide) groups is 1. The molecule has 26 heavy (non-hydrogen) atoms. The number of carbonyl (C=O) groups is 2. The zero-order chi connectivity index (χ0) is 18.5. The molecule has 0 saturated carbocycles. The maximum Gasteiger partial charge on any atom is 0.227 e. The maximum absolute atomic E-state index is 13.5. The number of hydrogen-bond donors (Lipinski definition) is 1. The quantitative estimate of drug-likeness (QED) is 0.723. The predicted octanol–water partition coefficient (Wildman–Crippen LogP) is 4.73. The normalized spacial score (nSPS) is 13.9. The number of hydrogen-bond acceptors (Lipinski definition) is 3. The van der Waals surface area contributed by atoms with Crippen LogP contribution in [0.1, 0.15) is 19.3 Å². The lowest BCUT2D eigenvalue weighted by molar-refractivity contribution is -0.117. The Labute approximate surface area is 160 Å². The molecule has 3 rings (SSSR count). The standard InChI is InChI=1S/C19H18ClFN2O2S/c20-14-12-13(7-8-16(14)23-10-3-6-19(23)25)22-18(24)9-11-26-17-5-2-1-4-15(17)21/h1-2,4-5,7-8,12H,3,6,9-11H2,(H,22,24). The second-order valence-corrected chi connectivity index (χ2v) is 7.44. The van der Waals surface area contributed by atoms with Crippen LogP contribution in [0.25, 0.3) is 0 Å². The van der Waals surface area contributed by atoms with Gasteiger partial charge in [0, 0.05) is 35.7 Å². The van der Waals surface area contributed by atoms with Crippen LogP contribution >= 0.6 is 23.4 Å². The first-order valence-electron chi connectivity index (χ1n) is 8.31. The molecule has 2 aromatic rings. The number of nitrogens with one attached hydrogen (secondary N) is 1. The van der Waals surface area contributed by atoms with Crippen LogP contribution in [0.15, 0.2) is 47.4 Å². The van der Waals surface area contributed by atoms with E-state index in [1.807, 2.05) is 0 Å². The fraction of sp³-hybridized carbons (Fsp3) is 0.263. The first-order valence-corrected chi connectivity index (χ1v) is 9.68. The summed E-state index contributed by atoms with van der Waals surface area (Å²) in [7, 11) is 0. The first-order chi connectivity index (χ1) is 12.5. The Morgan fingerprint density at radius 3 is 2.77 bits per heavy atom. The third-order valence-corrected chi connectivity index (χ3v) is 5.37. The molecule has 0 atom stereocenters. The van der Waals surface area contributed by atoms with Gasteiger partial charge in [0.2, 0.25) is 11.8 Å². The summed E-state index contributed by atoms with van der Waals surface area (Å²) in [4.78, 5) is 26.1. The third-order valence-electron chi connectivity index (χ3n) is 4.02. The van der Waals surface area contributed by atoms with Gasteiger partial charge in [-0.1, -0.05) is 23.7 Å². The summed E-state index contributed by atoms with van der Waals surface area (Å²) in [5, 5.41) is 3.21. The number of rotatable bonds is 6. The van der Waals surface area contributed by atoms with E-state index in [2.05, 4.69) is 5.32 Å². The average molecular weight is 393 g/mol. The molecule has 1 fully saturated rings. The van der Waals surface area contributed by atoms with Gasteiger partial charge in [-0.2, -0.15) is 0 Å². The molecule has 1 N–H and O–H groups in total. The average Bonchev–Trinajstić information content (AvgIpc) is 3.02. The molecule has 2 aromatic carbocycles. The zero-order valence-corrected chi connectivity index (χ0v) is 15.6. The van der Waals surface area contributed by atoms with Crippen molar-refractivity contribution in [2.75, 3.05) is 22.5 Å². The molecule has 0 bridgehead atoms.